The summed E-state index contributed by atoms with van der Waals surface area (Å²) in [6.07, 6.45) is 1.72. The Morgan fingerprint density at radius 3 is 2.65 bits per heavy atom. The number of carbonyl (C=O) groups is 2. The van der Waals surface area contributed by atoms with Crippen LogP contribution < -0.4 is 10.1 Å². The highest BCUT2D eigenvalue weighted by Crippen LogP contribution is 2.30. The molecule has 0 unspecified atom stereocenters. The van der Waals surface area contributed by atoms with Crippen LogP contribution in [0.15, 0.2) is 52.4 Å². The Kier molecular flexibility index (Phi) is 5.29. The number of methoxy groups -OCH3 is 1. The Hall–Kier alpha value is -2.77. The van der Waals surface area contributed by atoms with Crippen LogP contribution in [0.3, 0.4) is 0 Å². The van der Waals surface area contributed by atoms with Crippen molar-refractivity contribution in [3.63, 3.8) is 0 Å². The second-order valence-corrected chi connectivity index (χ2v) is 6.69. The van der Waals surface area contributed by atoms with E-state index in [-0.39, 0.29) is 17.2 Å². The van der Waals surface area contributed by atoms with Gasteiger partial charge < -0.3 is 15.2 Å². The molecule has 2 N–H and O–H groups in total. The van der Waals surface area contributed by atoms with Crippen LogP contribution in [-0.4, -0.2) is 29.3 Å². The van der Waals surface area contributed by atoms with Gasteiger partial charge in [-0.15, -0.1) is 0 Å². The first-order chi connectivity index (χ1) is 12.5. The van der Waals surface area contributed by atoms with Gasteiger partial charge in [0.15, 0.2) is 5.17 Å². The summed E-state index contributed by atoms with van der Waals surface area (Å²) >= 11 is 6.97. The molecule has 1 amide bonds. The monoisotopic (exact) mass is 388 g/mol. The number of amides is 1. The first kappa shape index (κ1) is 18.0. The molecular weight excluding hydrogens is 376 g/mol. The Labute approximate surface area is 158 Å². The van der Waals surface area contributed by atoms with Gasteiger partial charge in [0.25, 0.3) is 5.91 Å². The minimum absolute atomic E-state index is 0.0348. The van der Waals surface area contributed by atoms with Gasteiger partial charge in [-0.05, 0) is 53.7 Å². The third kappa shape index (κ3) is 4.07. The molecule has 0 spiro atoms. The number of halogens is 1. The topological polar surface area (TPSA) is 88.0 Å². The lowest BCUT2D eigenvalue weighted by molar-refractivity contribution is -0.115. The molecule has 1 heterocycles. The molecule has 0 saturated carbocycles. The zero-order chi connectivity index (χ0) is 18.7. The Morgan fingerprint density at radius 1 is 1.27 bits per heavy atom. The maximum atomic E-state index is 12.1. The number of carboxylic acids is 1. The molecule has 26 heavy (non-hydrogen) atoms. The fraction of sp³-hybridized carbons (Fsp3) is 0.0556. The zero-order valence-electron chi connectivity index (χ0n) is 13.5. The second-order valence-electron chi connectivity index (χ2n) is 5.22. The van der Waals surface area contributed by atoms with Crippen LogP contribution in [0.2, 0.25) is 5.02 Å². The van der Waals surface area contributed by atoms with Gasteiger partial charge in [-0.25, -0.2) is 9.79 Å². The molecule has 8 heteroatoms. The van der Waals surface area contributed by atoms with Crippen molar-refractivity contribution in [2.45, 2.75) is 0 Å². The molecule has 1 aliphatic rings. The van der Waals surface area contributed by atoms with Gasteiger partial charge in [0.05, 0.1) is 23.3 Å². The maximum absolute atomic E-state index is 12.1. The van der Waals surface area contributed by atoms with E-state index in [0.717, 1.165) is 23.1 Å². The molecular formula is C18H13ClN2O4S. The van der Waals surface area contributed by atoms with E-state index >= 15 is 0 Å². The van der Waals surface area contributed by atoms with E-state index in [2.05, 4.69) is 10.3 Å². The maximum Gasteiger partial charge on any atom is 0.337 e. The van der Waals surface area contributed by atoms with Gasteiger partial charge in [0.2, 0.25) is 0 Å². The van der Waals surface area contributed by atoms with Crippen molar-refractivity contribution in [1.82, 2.24) is 5.32 Å². The van der Waals surface area contributed by atoms with Gasteiger partial charge in [-0.2, -0.15) is 0 Å². The molecule has 0 aromatic heterocycles. The van der Waals surface area contributed by atoms with E-state index in [1.54, 1.807) is 31.4 Å². The molecule has 0 bridgehead atoms. The minimum Gasteiger partial charge on any atom is -0.497 e. The highest BCUT2D eigenvalue weighted by molar-refractivity contribution is 8.18. The van der Waals surface area contributed by atoms with Crippen molar-refractivity contribution in [2.75, 3.05) is 7.11 Å². The van der Waals surface area contributed by atoms with Crippen LogP contribution >= 0.6 is 23.4 Å². The molecule has 1 fully saturated rings. The fourth-order valence-electron chi connectivity index (χ4n) is 2.22. The van der Waals surface area contributed by atoms with Gasteiger partial charge in [-0.3, -0.25) is 4.79 Å². The Morgan fingerprint density at radius 2 is 2.00 bits per heavy atom. The molecule has 0 atom stereocenters. The Balaban J connectivity index is 1.86. The summed E-state index contributed by atoms with van der Waals surface area (Å²) in [4.78, 5) is 28.2. The number of nitrogens with zero attached hydrogens (tertiary/aromatic N) is 1. The van der Waals surface area contributed by atoms with E-state index in [0.29, 0.717) is 15.1 Å². The highest BCUT2D eigenvalue weighted by Gasteiger charge is 2.24. The number of aromatic carboxylic acids is 1. The standard InChI is InChI=1S/C18H13ClN2O4S/c1-25-12-5-2-10(3-6-12)8-15-16(22)21-18(26-15)20-14-7-4-11(19)9-13(14)17(23)24/h2-9H,1H3,(H,23,24)(H,20,21,22)/b15-8+. The second kappa shape index (κ2) is 7.63. The summed E-state index contributed by atoms with van der Waals surface area (Å²) in [6.45, 7) is 0. The molecule has 3 rings (SSSR count). The molecule has 1 aliphatic heterocycles. The number of carbonyl (C=O) groups excluding carboxylic acids is 1. The van der Waals surface area contributed by atoms with Crippen LogP contribution in [-0.2, 0) is 4.79 Å². The largest absolute Gasteiger partial charge is 0.497 e. The summed E-state index contributed by atoms with van der Waals surface area (Å²) in [5, 5.41) is 12.5. The average molecular weight is 389 g/mol. The first-order valence-electron chi connectivity index (χ1n) is 7.43. The lowest BCUT2D eigenvalue weighted by Gasteiger charge is -2.02. The fourth-order valence-corrected chi connectivity index (χ4v) is 3.23. The molecule has 6 nitrogen and oxygen atoms in total. The number of hydrogen-bond donors (Lipinski definition) is 2. The SMILES string of the molecule is COc1ccc(/C=C2/SC(=Nc3ccc(Cl)cc3C(=O)O)NC2=O)cc1. The lowest BCUT2D eigenvalue weighted by atomic mass is 10.2. The minimum atomic E-state index is -1.14. The predicted molar refractivity (Wildman–Crippen MR) is 102 cm³/mol. The quantitative estimate of drug-likeness (QED) is 0.774. The number of hydrogen-bond acceptors (Lipinski definition) is 5. The molecule has 2 aromatic carbocycles. The van der Waals surface area contributed by atoms with Gasteiger partial charge >= 0.3 is 5.97 Å². The average Bonchev–Trinajstić information content (AvgIpc) is 2.96. The van der Waals surface area contributed by atoms with Crippen molar-refractivity contribution in [3.8, 4) is 5.75 Å². The van der Waals surface area contributed by atoms with Gasteiger partial charge in [-0.1, -0.05) is 23.7 Å². The normalized spacial score (nSPS) is 16.8. The number of benzene rings is 2. The van der Waals surface area contributed by atoms with E-state index in [9.17, 15) is 14.7 Å². The van der Waals surface area contributed by atoms with E-state index in [1.165, 1.54) is 12.1 Å². The van der Waals surface area contributed by atoms with Crippen molar-refractivity contribution >= 4 is 52.2 Å². The predicted octanol–water partition coefficient (Wildman–Crippen LogP) is 3.94. The first-order valence-corrected chi connectivity index (χ1v) is 8.62. The van der Waals surface area contributed by atoms with Crippen LogP contribution in [0.5, 0.6) is 5.75 Å². The molecule has 0 radical (unpaired) electrons. The van der Waals surface area contributed by atoms with Crippen LogP contribution in [0.25, 0.3) is 6.08 Å². The summed E-state index contributed by atoms with van der Waals surface area (Å²) in [6, 6.07) is 11.6. The summed E-state index contributed by atoms with van der Waals surface area (Å²) in [5.74, 6) is -0.715. The Bertz CT molecular complexity index is 939. The third-order valence-corrected chi connectivity index (χ3v) is 4.62. The van der Waals surface area contributed by atoms with E-state index < -0.39 is 5.97 Å². The summed E-state index contributed by atoms with van der Waals surface area (Å²) in [5.41, 5.74) is 1.02. The van der Waals surface area contributed by atoms with Crippen molar-refractivity contribution in [2.24, 2.45) is 4.99 Å². The highest BCUT2D eigenvalue weighted by atomic mass is 35.5. The number of aliphatic imine (C=N–C) groups is 1. The molecule has 132 valence electrons. The number of nitrogens with one attached hydrogen (secondary N) is 1. The number of thioether (sulfide) groups is 1. The molecule has 2 aromatic rings. The zero-order valence-corrected chi connectivity index (χ0v) is 15.1. The lowest BCUT2D eigenvalue weighted by Crippen LogP contribution is -2.19. The number of ether oxygens (including phenoxy) is 1. The van der Waals surface area contributed by atoms with E-state index in [4.69, 9.17) is 16.3 Å². The smallest absolute Gasteiger partial charge is 0.337 e. The van der Waals surface area contributed by atoms with Gasteiger partial charge in [0.1, 0.15) is 5.75 Å². The number of carboxylic acid groups (broad SMARTS) is 1. The van der Waals surface area contributed by atoms with Crippen LogP contribution in [0, 0.1) is 0 Å². The van der Waals surface area contributed by atoms with Gasteiger partial charge in [0, 0.05) is 5.02 Å². The molecule has 0 aliphatic carbocycles. The van der Waals surface area contributed by atoms with Crippen molar-refractivity contribution in [3.05, 3.63) is 63.5 Å². The van der Waals surface area contributed by atoms with Crippen LogP contribution in [0.4, 0.5) is 5.69 Å². The number of rotatable bonds is 4. The summed E-state index contributed by atoms with van der Waals surface area (Å²) < 4.78 is 5.10. The van der Waals surface area contributed by atoms with Crippen LogP contribution in [0.1, 0.15) is 15.9 Å². The van der Waals surface area contributed by atoms with E-state index in [1.807, 2.05) is 12.1 Å². The third-order valence-electron chi connectivity index (χ3n) is 3.48. The molecule has 1 saturated heterocycles. The van der Waals surface area contributed by atoms with Crippen molar-refractivity contribution < 1.29 is 19.4 Å². The summed E-state index contributed by atoms with van der Waals surface area (Å²) in [7, 11) is 1.58. The number of amidine groups is 1. The van der Waals surface area contributed by atoms with Crippen molar-refractivity contribution in [1.29, 1.82) is 0 Å².